The first kappa shape index (κ1) is 27.2. The van der Waals surface area contributed by atoms with E-state index in [2.05, 4.69) is 82.1 Å². The van der Waals surface area contributed by atoms with Crippen molar-refractivity contribution in [1.82, 2.24) is 0 Å². The second kappa shape index (κ2) is 16.6. The molecule has 0 bridgehead atoms. The highest BCUT2D eigenvalue weighted by Crippen LogP contribution is 2.40. The molecule has 0 saturated heterocycles. The van der Waals surface area contributed by atoms with Crippen molar-refractivity contribution in [2.24, 2.45) is 0 Å². The predicted molar refractivity (Wildman–Crippen MR) is 145 cm³/mol. The first-order valence-corrected chi connectivity index (χ1v) is 14.1. The van der Waals surface area contributed by atoms with Crippen molar-refractivity contribution in [3.8, 4) is 22.6 Å². The van der Waals surface area contributed by atoms with Crippen molar-refractivity contribution in [2.45, 2.75) is 90.9 Å². The van der Waals surface area contributed by atoms with E-state index in [0.717, 1.165) is 57.6 Å². The molecule has 0 radical (unpaired) electrons. The summed E-state index contributed by atoms with van der Waals surface area (Å²) in [6.45, 7) is 6.02. The lowest BCUT2D eigenvalue weighted by Crippen LogP contribution is -2.02. The Kier molecular flexibility index (Phi) is 14.1. The van der Waals surface area contributed by atoms with Crippen LogP contribution in [0.25, 0.3) is 11.1 Å². The molecule has 0 unspecified atom stereocenters. The van der Waals surface area contributed by atoms with Crippen LogP contribution in [0.2, 0.25) is 0 Å². The Morgan fingerprint density at radius 3 is 1.31 bits per heavy atom. The Morgan fingerprint density at radius 2 is 0.906 bits per heavy atom. The summed E-state index contributed by atoms with van der Waals surface area (Å²) in [6.07, 6.45) is 15.2. The van der Waals surface area contributed by atoms with Crippen molar-refractivity contribution >= 4 is 31.9 Å². The molecule has 0 N–H and O–H groups in total. The molecule has 0 saturated carbocycles. The molecular formula is C28H40Br2O2. The van der Waals surface area contributed by atoms with Crippen molar-refractivity contribution < 1.29 is 9.47 Å². The maximum atomic E-state index is 6.24. The summed E-state index contributed by atoms with van der Waals surface area (Å²) in [5.74, 6) is 1.84. The highest BCUT2D eigenvalue weighted by atomic mass is 79.9. The number of hydrogen-bond donors (Lipinski definition) is 0. The molecule has 2 nitrogen and oxygen atoms in total. The summed E-state index contributed by atoms with van der Waals surface area (Å²) in [7, 11) is 0. The standard InChI is InChI=1S/C28H40Br2O2/c1-3-5-7-9-11-13-19-31-27-17-15-23(29)21-25(27)26-22-24(30)16-18-28(26)32-20-14-12-10-8-6-4-2/h15-18,21-22H,3-14,19-20H2,1-2H3. The molecule has 0 aliphatic heterocycles. The van der Waals surface area contributed by atoms with Crippen LogP contribution in [0.5, 0.6) is 11.5 Å². The molecule has 0 atom stereocenters. The lowest BCUT2D eigenvalue weighted by atomic mass is 10.0. The summed E-state index contributed by atoms with van der Waals surface area (Å²) in [5.41, 5.74) is 2.15. The maximum Gasteiger partial charge on any atom is 0.127 e. The van der Waals surface area contributed by atoms with Crippen LogP contribution in [-0.4, -0.2) is 13.2 Å². The average Bonchev–Trinajstić information content (AvgIpc) is 2.79. The van der Waals surface area contributed by atoms with E-state index in [1.54, 1.807) is 0 Å². The minimum absolute atomic E-state index is 0.753. The second-order valence-electron chi connectivity index (χ2n) is 8.51. The summed E-state index contributed by atoms with van der Waals surface area (Å²) in [4.78, 5) is 0. The fraction of sp³-hybridized carbons (Fsp3) is 0.571. The summed E-state index contributed by atoms with van der Waals surface area (Å²) in [5, 5.41) is 0. The number of benzene rings is 2. The molecule has 2 aromatic rings. The fourth-order valence-electron chi connectivity index (χ4n) is 3.81. The predicted octanol–water partition coefficient (Wildman–Crippen LogP) is 10.4. The molecule has 0 aromatic heterocycles. The van der Waals surface area contributed by atoms with Gasteiger partial charge in [0.1, 0.15) is 11.5 Å². The average molecular weight is 568 g/mol. The van der Waals surface area contributed by atoms with E-state index in [1.165, 1.54) is 64.2 Å². The Hall–Kier alpha value is -1.00. The van der Waals surface area contributed by atoms with Crippen LogP contribution in [0.4, 0.5) is 0 Å². The van der Waals surface area contributed by atoms with Crippen LogP contribution < -0.4 is 9.47 Å². The largest absolute Gasteiger partial charge is 0.493 e. The van der Waals surface area contributed by atoms with Gasteiger partial charge in [-0.15, -0.1) is 0 Å². The van der Waals surface area contributed by atoms with Gasteiger partial charge in [0.2, 0.25) is 0 Å². The SMILES string of the molecule is CCCCCCCCOc1ccc(Br)cc1-c1cc(Br)ccc1OCCCCCCCC. The van der Waals surface area contributed by atoms with Crippen LogP contribution in [0.3, 0.4) is 0 Å². The van der Waals surface area contributed by atoms with E-state index < -0.39 is 0 Å². The van der Waals surface area contributed by atoms with E-state index in [4.69, 9.17) is 9.47 Å². The lowest BCUT2D eigenvalue weighted by Gasteiger charge is -2.16. The van der Waals surface area contributed by atoms with Crippen molar-refractivity contribution in [2.75, 3.05) is 13.2 Å². The van der Waals surface area contributed by atoms with Gasteiger partial charge in [-0.1, -0.05) is 110 Å². The first-order valence-electron chi connectivity index (χ1n) is 12.5. The quantitative estimate of drug-likeness (QED) is 0.177. The molecule has 178 valence electrons. The normalized spacial score (nSPS) is 11.0. The molecule has 0 amide bonds. The molecule has 0 spiro atoms. The van der Waals surface area contributed by atoms with Gasteiger partial charge >= 0.3 is 0 Å². The van der Waals surface area contributed by atoms with Crippen molar-refractivity contribution in [3.63, 3.8) is 0 Å². The molecule has 0 fully saturated rings. The first-order chi connectivity index (χ1) is 15.7. The van der Waals surface area contributed by atoms with Gasteiger partial charge < -0.3 is 9.47 Å². The van der Waals surface area contributed by atoms with Crippen molar-refractivity contribution in [1.29, 1.82) is 0 Å². The van der Waals surface area contributed by atoms with Crippen LogP contribution >= 0.6 is 31.9 Å². The number of hydrogen-bond acceptors (Lipinski definition) is 2. The third-order valence-electron chi connectivity index (χ3n) is 5.68. The van der Waals surface area contributed by atoms with Gasteiger partial charge in [-0.3, -0.25) is 0 Å². The molecule has 2 rings (SSSR count). The third-order valence-corrected chi connectivity index (χ3v) is 6.67. The summed E-state index contributed by atoms with van der Waals surface area (Å²) < 4.78 is 14.6. The van der Waals surface area contributed by atoms with Gasteiger partial charge in [0.15, 0.2) is 0 Å². The summed E-state index contributed by atoms with van der Waals surface area (Å²) >= 11 is 7.28. The minimum atomic E-state index is 0.753. The third kappa shape index (κ3) is 10.3. The highest BCUT2D eigenvalue weighted by molar-refractivity contribution is 9.10. The Labute approximate surface area is 212 Å². The van der Waals surface area contributed by atoms with Crippen LogP contribution in [-0.2, 0) is 0 Å². The zero-order valence-electron chi connectivity index (χ0n) is 19.9. The highest BCUT2D eigenvalue weighted by Gasteiger charge is 2.14. The molecule has 0 aliphatic carbocycles. The van der Waals surface area contributed by atoms with Gasteiger partial charge in [0.05, 0.1) is 13.2 Å². The Balaban J connectivity index is 2.01. The number of rotatable bonds is 17. The van der Waals surface area contributed by atoms with E-state index >= 15 is 0 Å². The lowest BCUT2D eigenvalue weighted by molar-refractivity contribution is 0.301. The zero-order chi connectivity index (χ0) is 23.0. The Bertz CT molecular complexity index is 711. The molecular weight excluding hydrogens is 528 g/mol. The van der Waals surface area contributed by atoms with E-state index in [0.29, 0.717) is 0 Å². The number of halogens is 2. The Morgan fingerprint density at radius 1 is 0.531 bits per heavy atom. The smallest absolute Gasteiger partial charge is 0.127 e. The van der Waals surface area contributed by atoms with Gasteiger partial charge in [0, 0.05) is 20.1 Å². The topological polar surface area (TPSA) is 18.5 Å². The number of ether oxygens (including phenoxy) is 2. The molecule has 32 heavy (non-hydrogen) atoms. The van der Waals surface area contributed by atoms with E-state index in [1.807, 2.05) is 0 Å². The summed E-state index contributed by atoms with van der Waals surface area (Å²) in [6, 6.07) is 12.5. The zero-order valence-corrected chi connectivity index (χ0v) is 23.1. The molecule has 0 heterocycles. The second-order valence-corrected chi connectivity index (χ2v) is 10.3. The monoisotopic (exact) mass is 566 g/mol. The molecule has 2 aromatic carbocycles. The van der Waals surface area contributed by atoms with Crippen LogP contribution in [0.15, 0.2) is 45.3 Å². The van der Waals surface area contributed by atoms with Gasteiger partial charge in [-0.05, 0) is 49.2 Å². The van der Waals surface area contributed by atoms with E-state index in [9.17, 15) is 0 Å². The maximum absolute atomic E-state index is 6.24. The number of unbranched alkanes of at least 4 members (excludes halogenated alkanes) is 10. The fourth-order valence-corrected chi connectivity index (χ4v) is 4.53. The van der Waals surface area contributed by atoms with Gasteiger partial charge in [-0.2, -0.15) is 0 Å². The minimum Gasteiger partial charge on any atom is -0.493 e. The van der Waals surface area contributed by atoms with Crippen molar-refractivity contribution in [3.05, 3.63) is 45.3 Å². The van der Waals surface area contributed by atoms with Crippen LogP contribution in [0, 0.1) is 0 Å². The van der Waals surface area contributed by atoms with Gasteiger partial charge in [-0.25, -0.2) is 0 Å². The molecule has 4 heteroatoms. The van der Waals surface area contributed by atoms with Crippen LogP contribution in [0.1, 0.15) is 90.9 Å². The van der Waals surface area contributed by atoms with E-state index in [-0.39, 0.29) is 0 Å². The van der Waals surface area contributed by atoms with Gasteiger partial charge in [0.25, 0.3) is 0 Å². The molecule has 0 aliphatic rings.